The Balaban J connectivity index is 2.05. The zero-order valence-corrected chi connectivity index (χ0v) is 11.4. The van der Waals surface area contributed by atoms with E-state index in [9.17, 15) is 4.39 Å². The van der Waals surface area contributed by atoms with Gasteiger partial charge in [-0.15, -0.1) is 0 Å². The molecule has 1 heterocycles. The van der Waals surface area contributed by atoms with Gasteiger partial charge in [0.15, 0.2) is 0 Å². The van der Waals surface area contributed by atoms with Crippen LogP contribution in [-0.2, 0) is 0 Å². The van der Waals surface area contributed by atoms with E-state index in [1.165, 1.54) is 6.07 Å². The molecular weight excluding hydrogens is 245 g/mol. The number of hydrogen-bond donors (Lipinski definition) is 1. The second kappa shape index (κ2) is 6.52. The van der Waals surface area contributed by atoms with E-state index >= 15 is 0 Å². The highest BCUT2D eigenvalue weighted by Crippen LogP contribution is 2.22. The summed E-state index contributed by atoms with van der Waals surface area (Å²) in [6.07, 6.45) is 0.906. The van der Waals surface area contributed by atoms with Crippen molar-refractivity contribution in [2.45, 2.75) is 6.42 Å². The lowest BCUT2D eigenvalue weighted by Crippen LogP contribution is -2.22. The zero-order chi connectivity index (χ0) is 13.7. The smallest absolute Gasteiger partial charge is 0.137 e. The summed E-state index contributed by atoms with van der Waals surface area (Å²) in [6, 6.07) is 4.89. The summed E-state index contributed by atoms with van der Waals surface area (Å²) in [5, 5.41) is 3.08. The van der Waals surface area contributed by atoms with Crippen LogP contribution in [0.4, 0.5) is 4.39 Å². The molecule has 0 bridgehead atoms. The fourth-order valence-corrected chi connectivity index (χ4v) is 1.98. The van der Waals surface area contributed by atoms with Gasteiger partial charge in [0.25, 0.3) is 0 Å². The lowest BCUT2D eigenvalue weighted by molar-refractivity contribution is 0.280. The average molecular weight is 265 g/mol. The minimum Gasteiger partial charge on any atom is -0.493 e. The van der Waals surface area contributed by atoms with Crippen LogP contribution in [0.5, 0.6) is 5.75 Å². The van der Waals surface area contributed by atoms with Crippen molar-refractivity contribution in [3.63, 3.8) is 0 Å². The molecule has 0 saturated heterocycles. The van der Waals surface area contributed by atoms with E-state index in [2.05, 4.69) is 15.2 Å². The van der Waals surface area contributed by atoms with Crippen molar-refractivity contribution >= 4 is 5.84 Å². The number of benzene rings is 1. The Hall–Kier alpha value is -1.62. The van der Waals surface area contributed by atoms with Gasteiger partial charge in [-0.3, -0.25) is 4.99 Å². The minimum atomic E-state index is -0.293. The molecule has 0 unspecified atom stereocenters. The molecule has 0 aromatic heterocycles. The molecule has 1 aliphatic heterocycles. The molecule has 1 N–H and O–H groups in total. The SMILES string of the molecule is CN(C)CCCOc1cccc(F)c1C1=NCCN1. The van der Waals surface area contributed by atoms with Crippen LogP contribution >= 0.6 is 0 Å². The molecule has 19 heavy (non-hydrogen) atoms. The van der Waals surface area contributed by atoms with Crippen LogP contribution in [0.1, 0.15) is 12.0 Å². The first-order valence-electron chi connectivity index (χ1n) is 6.53. The zero-order valence-electron chi connectivity index (χ0n) is 11.4. The Bertz CT molecular complexity index is 460. The molecule has 0 amide bonds. The Morgan fingerprint density at radius 1 is 1.42 bits per heavy atom. The minimum absolute atomic E-state index is 0.293. The number of nitrogens with one attached hydrogen (secondary N) is 1. The first-order chi connectivity index (χ1) is 9.18. The van der Waals surface area contributed by atoms with Crippen LogP contribution < -0.4 is 10.1 Å². The topological polar surface area (TPSA) is 36.9 Å². The van der Waals surface area contributed by atoms with Gasteiger partial charge in [0.1, 0.15) is 17.4 Å². The molecular formula is C14H20FN3O. The Kier molecular flexibility index (Phi) is 4.74. The third-order valence-corrected chi connectivity index (χ3v) is 2.89. The van der Waals surface area contributed by atoms with Crippen molar-refractivity contribution in [3.8, 4) is 5.75 Å². The quantitative estimate of drug-likeness (QED) is 0.792. The van der Waals surface area contributed by atoms with Crippen LogP contribution in [0.15, 0.2) is 23.2 Å². The number of amidine groups is 1. The van der Waals surface area contributed by atoms with E-state index in [1.807, 2.05) is 14.1 Å². The molecule has 0 atom stereocenters. The van der Waals surface area contributed by atoms with Crippen LogP contribution in [0.3, 0.4) is 0 Å². The highest BCUT2D eigenvalue weighted by atomic mass is 19.1. The fraction of sp³-hybridized carbons (Fsp3) is 0.500. The van der Waals surface area contributed by atoms with Gasteiger partial charge in [0.2, 0.25) is 0 Å². The van der Waals surface area contributed by atoms with Gasteiger partial charge >= 0.3 is 0 Å². The highest BCUT2D eigenvalue weighted by molar-refractivity contribution is 6.02. The van der Waals surface area contributed by atoms with E-state index in [0.717, 1.165) is 19.5 Å². The van der Waals surface area contributed by atoms with E-state index in [0.29, 0.717) is 30.3 Å². The maximum Gasteiger partial charge on any atom is 0.137 e. The van der Waals surface area contributed by atoms with Crippen molar-refractivity contribution in [3.05, 3.63) is 29.6 Å². The Morgan fingerprint density at radius 3 is 2.95 bits per heavy atom. The van der Waals surface area contributed by atoms with Gasteiger partial charge in [-0.25, -0.2) is 4.39 Å². The summed E-state index contributed by atoms with van der Waals surface area (Å²) in [5.74, 6) is 0.867. The number of halogens is 1. The summed E-state index contributed by atoms with van der Waals surface area (Å²) in [4.78, 5) is 6.36. The lowest BCUT2D eigenvalue weighted by Gasteiger charge is -2.14. The van der Waals surface area contributed by atoms with Gasteiger partial charge in [-0.1, -0.05) is 6.07 Å². The summed E-state index contributed by atoms with van der Waals surface area (Å²) < 4.78 is 19.6. The first kappa shape index (κ1) is 13.8. The second-order valence-electron chi connectivity index (χ2n) is 4.78. The maximum atomic E-state index is 13.9. The molecule has 0 saturated carbocycles. The second-order valence-corrected chi connectivity index (χ2v) is 4.78. The highest BCUT2D eigenvalue weighted by Gasteiger charge is 2.18. The predicted molar refractivity (Wildman–Crippen MR) is 74.5 cm³/mol. The molecule has 2 rings (SSSR count). The molecule has 104 valence electrons. The fourth-order valence-electron chi connectivity index (χ4n) is 1.98. The van der Waals surface area contributed by atoms with Crippen molar-refractivity contribution in [2.24, 2.45) is 4.99 Å². The molecule has 1 aromatic rings. The summed E-state index contributed by atoms with van der Waals surface area (Å²) in [7, 11) is 4.04. The van der Waals surface area contributed by atoms with Crippen LogP contribution in [0, 0.1) is 5.82 Å². The van der Waals surface area contributed by atoms with Crippen LogP contribution in [-0.4, -0.2) is 51.1 Å². The monoisotopic (exact) mass is 265 g/mol. The molecule has 0 spiro atoms. The average Bonchev–Trinajstić information content (AvgIpc) is 2.88. The molecule has 1 aliphatic rings. The van der Waals surface area contributed by atoms with Gasteiger partial charge in [-0.05, 0) is 32.6 Å². The van der Waals surface area contributed by atoms with Gasteiger partial charge in [0.05, 0.1) is 18.7 Å². The van der Waals surface area contributed by atoms with Gasteiger partial charge in [-0.2, -0.15) is 0 Å². The number of rotatable bonds is 6. The summed E-state index contributed by atoms with van der Waals surface area (Å²) in [5.41, 5.74) is 0.449. The van der Waals surface area contributed by atoms with Crippen molar-refractivity contribution < 1.29 is 9.13 Å². The molecule has 4 nitrogen and oxygen atoms in total. The molecule has 0 radical (unpaired) electrons. The molecule has 1 aromatic carbocycles. The number of hydrogen-bond acceptors (Lipinski definition) is 4. The van der Waals surface area contributed by atoms with Crippen LogP contribution in [0.2, 0.25) is 0 Å². The third-order valence-electron chi connectivity index (χ3n) is 2.89. The Morgan fingerprint density at radius 2 is 2.26 bits per heavy atom. The van der Waals surface area contributed by atoms with Crippen molar-refractivity contribution in [1.29, 1.82) is 0 Å². The van der Waals surface area contributed by atoms with E-state index in [1.54, 1.807) is 12.1 Å². The predicted octanol–water partition coefficient (Wildman–Crippen LogP) is 1.51. The standard InChI is InChI=1S/C14H20FN3O/c1-18(2)9-4-10-19-12-6-3-5-11(15)13(12)14-16-7-8-17-14/h3,5-6H,4,7-10H2,1-2H3,(H,16,17). The lowest BCUT2D eigenvalue weighted by atomic mass is 10.1. The first-order valence-corrected chi connectivity index (χ1v) is 6.53. The summed E-state index contributed by atoms with van der Waals surface area (Å²) >= 11 is 0. The number of aliphatic imine (C=N–C) groups is 1. The van der Waals surface area contributed by atoms with Crippen LogP contribution in [0.25, 0.3) is 0 Å². The van der Waals surface area contributed by atoms with Crippen molar-refractivity contribution in [2.75, 3.05) is 40.3 Å². The molecule has 0 aliphatic carbocycles. The summed E-state index contributed by atoms with van der Waals surface area (Å²) in [6.45, 7) is 2.96. The van der Waals surface area contributed by atoms with E-state index < -0.39 is 0 Å². The molecule has 5 heteroatoms. The third kappa shape index (κ3) is 3.67. The van der Waals surface area contributed by atoms with E-state index in [4.69, 9.17) is 4.74 Å². The number of nitrogens with zero attached hydrogens (tertiary/aromatic N) is 2. The van der Waals surface area contributed by atoms with Crippen molar-refractivity contribution in [1.82, 2.24) is 10.2 Å². The largest absolute Gasteiger partial charge is 0.493 e. The number of ether oxygens (including phenoxy) is 1. The van der Waals surface area contributed by atoms with Gasteiger partial charge < -0.3 is 15.0 Å². The maximum absolute atomic E-state index is 13.9. The molecule has 0 fully saturated rings. The Labute approximate surface area is 113 Å². The normalized spacial score (nSPS) is 14.4. The van der Waals surface area contributed by atoms with E-state index in [-0.39, 0.29) is 5.82 Å². The van der Waals surface area contributed by atoms with Gasteiger partial charge in [0, 0.05) is 13.1 Å².